The van der Waals surface area contributed by atoms with Crippen molar-refractivity contribution in [1.82, 2.24) is 19.9 Å². The summed E-state index contributed by atoms with van der Waals surface area (Å²) in [5.41, 5.74) is 8.49. The van der Waals surface area contributed by atoms with Crippen molar-refractivity contribution in [3.63, 3.8) is 0 Å². The maximum absolute atomic E-state index is 10.8. The first-order chi connectivity index (χ1) is 9.74. The third-order valence-corrected chi connectivity index (χ3v) is 2.88. The Morgan fingerprint density at radius 1 is 1.20 bits per heavy atom. The Morgan fingerprint density at radius 3 is 2.75 bits per heavy atom. The van der Waals surface area contributed by atoms with Crippen molar-refractivity contribution in [2.75, 3.05) is 0 Å². The fraction of sp³-hybridized carbons (Fsp3) is 0. The number of nitrogens with two attached hydrogens (primary N) is 1. The van der Waals surface area contributed by atoms with Gasteiger partial charge in [0.2, 0.25) is 5.91 Å². The molecule has 0 radical (unpaired) electrons. The number of fused-ring (bicyclic) bond motifs is 1. The van der Waals surface area contributed by atoms with Crippen molar-refractivity contribution >= 4 is 23.0 Å². The molecular weight excluding hydrogens is 254 g/mol. The Kier molecular flexibility index (Phi) is 2.96. The van der Waals surface area contributed by atoms with Gasteiger partial charge >= 0.3 is 0 Å². The summed E-state index contributed by atoms with van der Waals surface area (Å²) in [5.74, 6) is -0.486. The van der Waals surface area contributed by atoms with E-state index in [2.05, 4.69) is 19.9 Å². The van der Waals surface area contributed by atoms with Crippen LogP contribution in [0.15, 0.2) is 43.3 Å². The zero-order chi connectivity index (χ0) is 13.9. The van der Waals surface area contributed by atoms with E-state index in [1.165, 1.54) is 12.4 Å². The van der Waals surface area contributed by atoms with E-state index < -0.39 is 5.91 Å². The Balaban J connectivity index is 2.10. The molecule has 0 unspecified atom stereocenters. The summed E-state index contributed by atoms with van der Waals surface area (Å²) in [4.78, 5) is 26.2. The largest absolute Gasteiger partial charge is 0.366 e. The number of primary amides is 1. The average molecular weight is 265 g/mol. The third kappa shape index (κ3) is 2.26. The molecule has 0 saturated carbocycles. The number of nitrogens with zero attached hydrogens (tertiary/aromatic N) is 3. The van der Waals surface area contributed by atoms with Crippen LogP contribution >= 0.6 is 0 Å². The predicted octanol–water partition coefficient (Wildman–Crippen LogP) is 1.52. The molecule has 1 amide bonds. The van der Waals surface area contributed by atoms with Crippen LogP contribution in [-0.2, 0) is 4.79 Å². The Bertz CT molecular complexity index is 792. The number of hydrogen-bond donors (Lipinski definition) is 2. The summed E-state index contributed by atoms with van der Waals surface area (Å²) in [7, 11) is 0. The van der Waals surface area contributed by atoms with Crippen LogP contribution < -0.4 is 5.73 Å². The van der Waals surface area contributed by atoms with Crippen LogP contribution in [0.1, 0.15) is 5.56 Å². The second kappa shape index (κ2) is 4.93. The van der Waals surface area contributed by atoms with Gasteiger partial charge in [0.25, 0.3) is 0 Å². The molecule has 3 N–H and O–H groups in total. The van der Waals surface area contributed by atoms with Crippen molar-refractivity contribution in [3.05, 3.63) is 48.8 Å². The molecule has 98 valence electrons. The molecule has 6 nitrogen and oxygen atoms in total. The van der Waals surface area contributed by atoms with Crippen LogP contribution in [0.4, 0.5) is 0 Å². The number of H-pyrrole nitrogens is 1. The van der Waals surface area contributed by atoms with Gasteiger partial charge in [0.05, 0.1) is 0 Å². The molecule has 0 saturated heterocycles. The average Bonchev–Trinajstić information content (AvgIpc) is 2.88. The van der Waals surface area contributed by atoms with E-state index >= 15 is 0 Å². The number of rotatable bonds is 3. The van der Waals surface area contributed by atoms with Crippen molar-refractivity contribution in [3.8, 4) is 11.1 Å². The lowest BCUT2D eigenvalue weighted by atomic mass is 10.1. The van der Waals surface area contributed by atoms with Gasteiger partial charge in [-0.25, -0.2) is 15.0 Å². The molecule has 0 aliphatic rings. The molecule has 20 heavy (non-hydrogen) atoms. The van der Waals surface area contributed by atoms with Gasteiger partial charge in [-0.2, -0.15) is 0 Å². The molecule has 0 bridgehead atoms. The molecule has 6 heteroatoms. The number of hydrogen-bond acceptors (Lipinski definition) is 4. The lowest BCUT2D eigenvalue weighted by Crippen LogP contribution is -2.04. The van der Waals surface area contributed by atoms with Gasteiger partial charge in [0.1, 0.15) is 12.0 Å². The quantitative estimate of drug-likeness (QED) is 0.701. The standard InChI is InChI=1S/C14H11N5O/c15-13(20)2-1-9-6-18-14-12(9)3-10(7-19-14)11-4-16-8-17-5-11/h1-8H,(H2,15,20)(H,18,19)/b2-1+. The number of aromatic nitrogens is 4. The molecule has 3 rings (SSSR count). The van der Waals surface area contributed by atoms with Crippen LogP contribution in [0.2, 0.25) is 0 Å². The maximum Gasteiger partial charge on any atom is 0.241 e. The van der Waals surface area contributed by atoms with E-state index in [0.29, 0.717) is 0 Å². The summed E-state index contributed by atoms with van der Waals surface area (Å²) >= 11 is 0. The van der Waals surface area contributed by atoms with Gasteiger partial charge in [0, 0.05) is 52.9 Å². The Labute approximate surface area is 114 Å². The van der Waals surface area contributed by atoms with Crippen LogP contribution in [0.25, 0.3) is 28.2 Å². The molecule has 0 atom stereocenters. The first-order valence-electron chi connectivity index (χ1n) is 5.94. The number of carbonyl (C=O) groups is 1. The Morgan fingerprint density at radius 2 is 2.00 bits per heavy atom. The number of aromatic amines is 1. The molecule has 3 aromatic heterocycles. The highest BCUT2D eigenvalue weighted by molar-refractivity contribution is 5.95. The fourth-order valence-electron chi connectivity index (χ4n) is 1.94. The summed E-state index contributed by atoms with van der Waals surface area (Å²) in [6.07, 6.45) is 11.4. The van der Waals surface area contributed by atoms with Gasteiger partial charge < -0.3 is 10.7 Å². The van der Waals surface area contributed by atoms with Gasteiger partial charge in [-0.1, -0.05) is 0 Å². The van der Waals surface area contributed by atoms with E-state index in [-0.39, 0.29) is 0 Å². The zero-order valence-corrected chi connectivity index (χ0v) is 10.4. The summed E-state index contributed by atoms with van der Waals surface area (Å²) < 4.78 is 0. The van der Waals surface area contributed by atoms with Crippen LogP contribution in [0, 0.1) is 0 Å². The predicted molar refractivity (Wildman–Crippen MR) is 75.3 cm³/mol. The van der Waals surface area contributed by atoms with Crippen LogP contribution in [0.3, 0.4) is 0 Å². The molecule has 0 spiro atoms. The van der Waals surface area contributed by atoms with E-state index in [0.717, 1.165) is 27.7 Å². The first-order valence-corrected chi connectivity index (χ1v) is 5.94. The van der Waals surface area contributed by atoms with Crippen molar-refractivity contribution < 1.29 is 4.79 Å². The molecule has 0 fully saturated rings. The van der Waals surface area contributed by atoms with Crippen molar-refractivity contribution in [2.24, 2.45) is 5.73 Å². The second-order valence-corrected chi connectivity index (χ2v) is 4.23. The van der Waals surface area contributed by atoms with Gasteiger partial charge in [-0.15, -0.1) is 0 Å². The second-order valence-electron chi connectivity index (χ2n) is 4.23. The highest BCUT2D eigenvalue weighted by Gasteiger charge is 2.06. The van der Waals surface area contributed by atoms with Crippen molar-refractivity contribution in [2.45, 2.75) is 0 Å². The van der Waals surface area contributed by atoms with E-state index in [1.54, 1.807) is 30.9 Å². The van der Waals surface area contributed by atoms with Crippen molar-refractivity contribution in [1.29, 1.82) is 0 Å². The molecule has 0 aromatic carbocycles. The molecular formula is C14H11N5O. The van der Waals surface area contributed by atoms with E-state index in [4.69, 9.17) is 5.73 Å². The highest BCUT2D eigenvalue weighted by Crippen LogP contribution is 2.24. The van der Waals surface area contributed by atoms with Gasteiger partial charge in [-0.3, -0.25) is 4.79 Å². The number of nitrogens with one attached hydrogen (secondary N) is 1. The van der Waals surface area contributed by atoms with Gasteiger partial charge in [0.15, 0.2) is 0 Å². The van der Waals surface area contributed by atoms with E-state index in [1.807, 2.05) is 6.07 Å². The molecule has 3 aromatic rings. The monoisotopic (exact) mass is 265 g/mol. The van der Waals surface area contributed by atoms with Gasteiger partial charge in [-0.05, 0) is 12.1 Å². The van der Waals surface area contributed by atoms with Crippen LogP contribution in [-0.4, -0.2) is 25.8 Å². The summed E-state index contributed by atoms with van der Waals surface area (Å²) in [5, 5.41) is 0.906. The normalized spacial score (nSPS) is 11.2. The maximum atomic E-state index is 10.8. The minimum absolute atomic E-state index is 0.486. The lowest BCUT2D eigenvalue weighted by molar-refractivity contribution is -0.113. The minimum Gasteiger partial charge on any atom is -0.366 e. The number of amides is 1. The minimum atomic E-state index is -0.486. The number of pyridine rings is 1. The Hall–Kier alpha value is -3.02. The highest BCUT2D eigenvalue weighted by atomic mass is 16.1. The number of carbonyl (C=O) groups excluding carboxylic acids is 1. The van der Waals surface area contributed by atoms with Crippen LogP contribution in [0.5, 0.6) is 0 Å². The molecule has 0 aliphatic heterocycles. The smallest absolute Gasteiger partial charge is 0.241 e. The SMILES string of the molecule is NC(=O)/C=C/c1c[nH]c2ncc(-c3cncnc3)cc12. The molecule has 3 heterocycles. The summed E-state index contributed by atoms with van der Waals surface area (Å²) in [6, 6.07) is 1.97. The first kappa shape index (κ1) is 12.0. The topological polar surface area (TPSA) is 97.6 Å². The zero-order valence-electron chi connectivity index (χ0n) is 10.4. The lowest BCUT2D eigenvalue weighted by Gasteiger charge is -2.00. The summed E-state index contributed by atoms with van der Waals surface area (Å²) in [6.45, 7) is 0. The fourth-order valence-corrected chi connectivity index (χ4v) is 1.94. The third-order valence-electron chi connectivity index (χ3n) is 2.88. The molecule has 0 aliphatic carbocycles. The van der Waals surface area contributed by atoms with E-state index in [9.17, 15) is 4.79 Å².